The van der Waals surface area contributed by atoms with Crippen molar-refractivity contribution in [3.05, 3.63) is 0 Å². The molecule has 3 N–H and O–H groups in total. The first-order valence-corrected chi connectivity index (χ1v) is 7.70. The Hall–Kier alpha value is -1.30. The second-order valence-corrected chi connectivity index (χ2v) is 6.61. The van der Waals surface area contributed by atoms with Crippen molar-refractivity contribution in [2.24, 2.45) is 0 Å². The third kappa shape index (κ3) is 8.55. The van der Waals surface area contributed by atoms with Gasteiger partial charge in [0.25, 0.3) is 0 Å². The minimum Gasteiger partial charge on any atom is -0.444 e. The predicted octanol–water partition coefficient (Wildman–Crippen LogP) is 1.71. The predicted molar refractivity (Wildman–Crippen MR) is 79.9 cm³/mol. The van der Waals surface area contributed by atoms with Crippen LogP contribution >= 0.6 is 0 Å². The number of carbonyl (C=O) groups excluding carboxylic acids is 2. The minimum absolute atomic E-state index is 0.00220. The molecule has 0 atom stereocenters. The maximum absolute atomic E-state index is 11.7. The van der Waals surface area contributed by atoms with Crippen LogP contribution in [0, 0.1) is 0 Å². The molecular formula is C15H28N2O4. The number of amides is 2. The highest BCUT2D eigenvalue weighted by atomic mass is 16.6. The van der Waals surface area contributed by atoms with Crippen LogP contribution in [0.2, 0.25) is 0 Å². The quantitative estimate of drug-likeness (QED) is 0.675. The molecule has 0 aromatic rings. The molecule has 1 fully saturated rings. The highest BCUT2D eigenvalue weighted by molar-refractivity contribution is 5.76. The van der Waals surface area contributed by atoms with E-state index in [1.807, 2.05) is 0 Å². The van der Waals surface area contributed by atoms with E-state index < -0.39 is 11.7 Å². The third-order valence-corrected chi connectivity index (χ3v) is 3.31. The summed E-state index contributed by atoms with van der Waals surface area (Å²) in [5.41, 5.74) is -0.507. The first-order chi connectivity index (χ1) is 9.76. The molecule has 0 radical (unpaired) electrons. The van der Waals surface area contributed by atoms with Gasteiger partial charge in [0.15, 0.2) is 0 Å². The minimum atomic E-state index is -0.507. The Morgan fingerprint density at radius 2 is 1.81 bits per heavy atom. The summed E-state index contributed by atoms with van der Waals surface area (Å²) >= 11 is 0. The number of aliphatic hydroxyl groups is 1. The standard InChI is InChI=1S/C15H28N2O4/c1-15(2,3)21-14(20)16-10-4-5-13(19)17-11-6-8-12(18)9-7-11/h11-12,18H,4-10H2,1-3H3,(H,16,20)(H,17,19). The van der Waals surface area contributed by atoms with E-state index in [0.29, 0.717) is 19.4 Å². The molecule has 2 amide bonds. The summed E-state index contributed by atoms with van der Waals surface area (Å²) in [6, 6.07) is 0.180. The smallest absolute Gasteiger partial charge is 0.407 e. The summed E-state index contributed by atoms with van der Waals surface area (Å²) in [6.45, 7) is 5.84. The van der Waals surface area contributed by atoms with E-state index in [-0.39, 0.29) is 18.1 Å². The molecule has 1 aliphatic carbocycles. The number of carbonyl (C=O) groups is 2. The molecular weight excluding hydrogens is 272 g/mol. The van der Waals surface area contributed by atoms with Crippen molar-refractivity contribution in [3.63, 3.8) is 0 Å². The van der Waals surface area contributed by atoms with Gasteiger partial charge < -0.3 is 20.5 Å². The molecule has 1 rings (SSSR count). The van der Waals surface area contributed by atoms with Crippen LogP contribution in [0.4, 0.5) is 4.79 Å². The Labute approximate surface area is 126 Å². The van der Waals surface area contributed by atoms with Gasteiger partial charge in [-0.3, -0.25) is 4.79 Å². The van der Waals surface area contributed by atoms with E-state index in [1.165, 1.54) is 0 Å². The molecule has 1 aliphatic rings. The number of hydrogen-bond donors (Lipinski definition) is 3. The Kier molecular flexibility index (Phi) is 6.95. The molecule has 6 nitrogen and oxygen atoms in total. The fraction of sp³-hybridized carbons (Fsp3) is 0.867. The molecule has 0 bridgehead atoms. The van der Waals surface area contributed by atoms with E-state index in [4.69, 9.17) is 4.74 Å². The van der Waals surface area contributed by atoms with Crippen molar-refractivity contribution in [2.45, 2.75) is 77.0 Å². The molecule has 1 saturated carbocycles. The van der Waals surface area contributed by atoms with Crippen LogP contribution in [0.3, 0.4) is 0 Å². The third-order valence-electron chi connectivity index (χ3n) is 3.31. The van der Waals surface area contributed by atoms with Crippen molar-refractivity contribution < 1.29 is 19.4 Å². The van der Waals surface area contributed by atoms with Crippen molar-refractivity contribution >= 4 is 12.0 Å². The Morgan fingerprint density at radius 1 is 1.19 bits per heavy atom. The van der Waals surface area contributed by atoms with Gasteiger partial charge in [0.05, 0.1) is 6.10 Å². The number of aliphatic hydroxyl groups excluding tert-OH is 1. The van der Waals surface area contributed by atoms with Gasteiger partial charge in [-0.05, 0) is 52.9 Å². The maximum atomic E-state index is 11.7. The van der Waals surface area contributed by atoms with Crippen molar-refractivity contribution in [1.82, 2.24) is 10.6 Å². The fourth-order valence-corrected chi connectivity index (χ4v) is 2.27. The van der Waals surface area contributed by atoms with E-state index >= 15 is 0 Å². The molecule has 0 aliphatic heterocycles. The zero-order valence-corrected chi connectivity index (χ0v) is 13.3. The molecule has 0 unspecified atom stereocenters. The molecule has 0 saturated heterocycles. The highest BCUT2D eigenvalue weighted by Crippen LogP contribution is 2.18. The van der Waals surface area contributed by atoms with Crippen molar-refractivity contribution in [1.29, 1.82) is 0 Å². The van der Waals surface area contributed by atoms with Crippen LogP contribution in [0.5, 0.6) is 0 Å². The van der Waals surface area contributed by atoms with E-state index in [9.17, 15) is 14.7 Å². The van der Waals surface area contributed by atoms with Gasteiger partial charge in [-0.2, -0.15) is 0 Å². The number of alkyl carbamates (subject to hydrolysis) is 1. The topological polar surface area (TPSA) is 87.7 Å². The van der Waals surface area contributed by atoms with E-state index in [0.717, 1.165) is 25.7 Å². The molecule has 122 valence electrons. The number of hydrogen-bond acceptors (Lipinski definition) is 4. The van der Waals surface area contributed by atoms with Crippen LogP contribution in [0.15, 0.2) is 0 Å². The lowest BCUT2D eigenvalue weighted by Crippen LogP contribution is -2.39. The van der Waals surface area contributed by atoms with Gasteiger partial charge in [-0.15, -0.1) is 0 Å². The number of rotatable bonds is 5. The Bertz CT molecular complexity index is 344. The van der Waals surface area contributed by atoms with E-state index in [1.54, 1.807) is 20.8 Å². The van der Waals surface area contributed by atoms with Gasteiger partial charge in [0.1, 0.15) is 5.60 Å². The van der Waals surface area contributed by atoms with Gasteiger partial charge >= 0.3 is 6.09 Å². The molecule has 0 aromatic carbocycles. The lowest BCUT2D eigenvalue weighted by molar-refractivity contribution is -0.122. The monoisotopic (exact) mass is 300 g/mol. The normalized spacial score (nSPS) is 22.5. The SMILES string of the molecule is CC(C)(C)OC(=O)NCCCC(=O)NC1CCC(O)CC1. The molecule has 21 heavy (non-hydrogen) atoms. The van der Waals surface area contributed by atoms with Gasteiger partial charge in [-0.1, -0.05) is 0 Å². The lowest BCUT2D eigenvalue weighted by Gasteiger charge is -2.26. The summed E-state index contributed by atoms with van der Waals surface area (Å²) in [7, 11) is 0. The van der Waals surface area contributed by atoms with Crippen LogP contribution in [0.1, 0.15) is 59.3 Å². The van der Waals surface area contributed by atoms with Crippen molar-refractivity contribution in [3.8, 4) is 0 Å². The molecule has 0 heterocycles. The molecule has 6 heteroatoms. The first-order valence-electron chi connectivity index (χ1n) is 7.70. The summed E-state index contributed by atoms with van der Waals surface area (Å²) < 4.78 is 5.10. The largest absolute Gasteiger partial charge is 0.444 e. The summed E-state index contributed by atoms with van der Waals surface area (Å²) in [5.74, 6) is 0.00220. The van der Waals surface area contributed by atoms with Crippen molar-refractivity contribution in [2.75, 3.05) is 6.54 Å². The molecule has 0 spiro atoms. The molecule has 0 aromatic heterocycles. The lowest BCUT2D eigenvalue weighted by atomic mass is 9.93. The Morgan fingerprint density at radius 3 is 2.38 bits per heavy atom. The van der Waals surface area contributed by atoms with Crippen LogP contribution in [0.25, 0.3) is 0 Å². The fourth-order valence-electron chi connectivity index (χ4n) is 2.27. The summed E-state index contributed by atoms with van der Waals surface area (Å²) in [4.78, 5) is 23.1. The zero-order valence-electron chi connectivity index (χ0n) is 13.3. The van der Waals surface area contributed by atoms with Crippen LogP contribution < -0.4 is 10.6 Å². The number of ether oxygens (including phenoxy) is 1. The first kappa shape index (κ1) is 17.8. The summed E-state index contributed by atoms with van der Waals surface area (Å²) in [6.07, 6.45) is 3.48. The second-order valence-electron chi connectivity index (χ2n) is 6.61. The van der Waals surface area contributed by atoms with E-state index in [2.05, 4.69) is 10.6 Å². The Balaban J connectivity index is 2.07. The van der Waals surface area contributed by atoms with Crippen LogP contribution in [-0.4, -0.2) is 41.4 Å². The average molecular weight is 300 g/mol. The average Bonchev–Trinajstić information content (AvgIpc) is 2.35. The zero-order chi connectivity index (χ0) is 15.9. The highest BCUT2D eigenvalue weighted by Gasteiger charge is 2.20. The number of nitrogens with one attached hydrogen (secondary N) is 2. The second kappa shape index (κ2) is 8.22. The van der Waals surface area contributed by atoms with Gasteiger partial charge in [0, 0.05) is 19.0 Å². The van der Waals surface area contributed by atoms with Crippen LogP contribution in [-0.2, 0) is 9.53 Å². The maximum Gasteiger partial charge on any atom is 0.407 e. The summed E-state index contributed by atoms with van der Waals surface area (Å²) in [5, 5.41) is 15.0. The van der Waals surface area contributed by atoms with Gasteiger partial charge in [0.2, 0.25) is 5.91 Å². The van der Waals surface area contributed by atoms with Gasteiger partial charge in [-0.25, -0.2) is 4.79 Å².